The molecule has 0 aromatic heterocycles. The SMILES string of the molecule is C=CCCCCCCCCCO[Si]1(C)CCCCC1. The van der Waals surface area contributed by atoms with Gasteiger partial charge in [-0.1, -0.05) is 57.4 Å². The van der Waals surface area contributed by atoms with E-state index < -0.39 is 8.32 Å². The molecular weight excluding hydrogens is 248 g/mol. The van der Waals surface area contributed by atoms with Crippen molar-refractivity contribution in [2.75, 3.05) is 6.61 Å². The van der Waals surface area contributed by atoms with Gasteiger partial charge in [-0.05, 0) is 37.9 Å². The maximum atomic E-state index is 6.26. The topological polar surface area (TPSA) is 9.23 Å². The number of allylic oxidation sites excluding steroid dienone is 1. The summed E-state index contributed by atoms with van der Waals surface area (Å²) in [5.41, 5.74) is 0. The van der Waals surface area contributed by atoms with Crippen LogP contribution in [0.25, 0.3) is 0 Å². The van der Waals surface area contributed by atoms with Crippen molar-refractivity contribution in [3.63, 3.8) is 0 Å². The standard InChI is InChI=1S/C17H34OSi/c1-3-4-5-6-7-8-9-10-12-15-18-19(2)16-13-11-14-17-19/h3H,1,4-17H2,2H3. The van der Waals surface area contributed by atoms with E-state index >= 15 is 0 Å². The van der Waals surface area contributed by atoms with E-state index in [1.54, 1.807) is 0 Å². The summed E-state index contributed by atoms with van der Waals surface area (Å²) >= 11 is 0. The van der Waals surface area contributed by atoms with Gasteiger partial charge in [-0.15, -0.1) is 6.58 Å². The van der Waals surface area contributed by atoms with Gasteiger partial charge in [0.05, 0.1) is 0 Å². The molecule has 1 saturated heterocycles. The highest BCUT2D eigenvalue weighted by Crippen LogP contribution is 2.29. The van der Waals surface area contributed by atoms with Gasteiger partial charge in [0.25, 0.3) is 0 Å². The highest BCUT2D eigenvalue weighted by atomic mass is 28.4. The van der Waals surface area contributed by atoms with Crippen molar-refractivity contribution >= 4 is 8.32 Å². The molecule has 112 valence electrons. The first kappa shape index (κ1) is 17.0. The Labute approximate surface area is 122 Å². The maximum Gasteiger partial charge on any atom is 0.189 e. The normalized spacial score (nSPS) is 18.4. The number of hydrogen-bond acceptors (Lipinski definition) is 1. The molecule has 1 nitrogen and oxygen atoms in total. The lowest BCUT2D eigenvalue weighted by molar-refractivity contribution is 0.283. The molecule has 1 heterocycles. The Kier molecular flexibility index (Phi) is 9.53. The minimum atomic E-state index is -1.24. The van der Waals surface area contributed by atoms with Gasteiger partial charge in [-0.3, -0.25) is 0 Å². The fourth-order valence-electron chi connectivity index (χ4n) is 3.04. The van der Waals surface area contributed by atoms with Gasteiger partial charge in [-0.2, -0.15) is 0 Å². The van der Waals surface area contributed by atoms with E-state index in [1.165, 1.54) is 82.7 Å². The van der Waals surface area contributed by atoms with Crippen molar-refractivity contribution in [2.24, 2.45) is 0 Å². The van der Waals surface area contributed by atoms with Gasteiger partial charge < -0.3 is 4.43 Å². The molecule has 1 aliphatic rings. The Bertz CT molecular complexity index is 221. The summed E-state index contributed by atoms with van der Waals surface area (Å²) in [5.74, 6) is 0. The molecule has 19 heavy (non-hydrogen) atoms. The molecule has 1 fully saturated rings. The minimum absolute atomic E-state index is 1.04. The van der Waals surface area contributed by atoms with Crippen molar-refractivity contribution < 1.29 is 4.43 Å². The molecule has 0 unspecified atom stereocenters. The van der Waals surface area contributed by atoms with Crippen LogP contribution in [0.15, 0.2) is 12.7 Å². The molecule has 2 heteroatoms. The number of unbranched alkanes of at least 4 members (excludes halogenated alkanes) is 7. The van der Waals surface area contributed by atoms with Crippen molar-refractivity contribution in [3.05, 3.63) is 12.7 Å². The smallest absolute Gasteiger partial charge is 0.189 e. The molecule has 0 radical (unpaired) electrons. The summed E-state index contributed by atoms with van der Waals surface area (Å²) in [4.78, 5) is 0. The average Bonchev–Trinajstić information content (AvgIpc) is 2.42. The molecule has 1 aliphatic heterocycles. The molecule has 0 amide bonds. The molecule has 0 saturated carbocycles. The quantitative estimate of drug-likeness (QED) is 0.254. The largest absolute Gasteiger partial charge is 0.417 e. The van der Waals surface area contributed by atoms with Crippen LogP contribution in [0.1, 0.15) is 70.6 Å². The third kappa shape index (κ3) is 8.64. The Balaban J connectivity index is 1.84. The van der Waals surface area contributed by atoms with Gasteiger partial charge in [-0.25, -0.2) is 0 Å². The van der Waals surface area contributed by atoms with Crippen LogP contribution in [0.2, 0.25) is 18.6 Å². The van der Waals surface area contributed by atoms with Crippen LogP contribution < -0.4 is 0 Å². The van der Waals surface area contributed by atoms with Crippen LogP contribution in [0.4, 0.5) is 0 Å². The van der Waals surface area contributed by atoms with Crippen LogP contribution in [0.3, 0.4) is 0 Å². The summed E-state index contributed by atoms with van der Waals surface area (Å²) in [7, 11) is -1.24. The predicted molar refractivity (Wildman–Crippen MR) is 88.2 cm³/mol. The monoisotopic (exact) mass is 282 g/mol. The fraction of sp³-hybridized carbons (Fsp3) is 0.882. The molecule has 0 spiro atoms. The van der Waals surface area contributed by atoms with Crippen molar-refractivity contribution in [1.29, 1.82) is 0 Å². The second-order valence-electron chi connectivity index (χ2n) is 6.41. The minimum Gasteiger partial charge on any atom is -0.417 e. The van der Waals surface area contributed by atoms with Gasteiger partial charge >= 0.3 is 0 Å². The summed E-state index contributed by atoms with van der Waals surface area (Å²) in [6, 6.07) is 2.83. The lowest BCUT2D eigenvalue weighted by Gasteiger charge is -2.31. The van der Waals surface area contributed by atoms with Crippen LogP contribution in [-0.4, -0.2) is 14.9 Å². The molecule has 0 aromatic carbocycles. The van der Waals surface area contributed by atoms with E-state index in [-0.39, 0.29) is 0 Å². The fourth-order valence-corrected chi connectivity index (χ4v) is 6.21. The zero-order chi connectivity index (χ0) is 13.8. The summed E-state index contributed by atoms with van der Waals surface area (Å²) in [5, 5.41) is 0. The van der Waals surface area contributed by atoms with E-state index in [0.29, 0.717) is 0 Å². The third-order valence-electron chi connectivity index (χ3n) is 4.41. The first-order chi connectivity index (χ1) is 9.27. The molecule has 0 aliphatic carbocycles. The Morgan fingerprint density at radius 2 is 1.47 bits per heavy atom. The maximum absolute atomic E-state index is 6.26. The van der Waals surface area contributed by atoms with E-state index in [4.69, 9.17) is 4.43 Å². The molecule has 0 atom stereocenters. The Morgan fingerprint density at radius 3 is 2.11 bits per heavy atom. The van der Waals surface area contributed by atoms with E-state index in [0.717, 1.165) is 6.61 Å². The van der Waals surface area contributed by atoms with Gasteiger partial charge in [0, 0.05) is 6.61 Å². The highest BCUT2D eigenvalue weighted by molar-refractivity contribution is 6.72. The van der Waals surface area contributed by atoms with Crippen molar-refractivity contribution in [3.8, 4) is 0 Å². The molecule has 0 bridgehead atoms. The summed E-state index contributed by atoms with van der Waals surface area (Å²) in [6.07, 6.45) is 17.1. The van der Waals surface area contributed by atoms with Crippen LogP contribution in [0, 0.1) is 0 Å². The highest BCUT2D eigenvalue weighted by Gasteiger charge is 2.30. The predicted octanol–water partition coefficient (Wildman–Crippen LogP) is 6.07. The second kappa shape index (κ2) is 10.7. The number of rotatable bonds is 11. The average molecular weight is 283 g/mol. The lowest BCUT2D eigenvalue weighted by atomic mass is 10.1. The van der Waals surface area contributed by atoms with E-state index in [2.05, 4.69) is 13.1 Å². The van der Waals surface area contributed by atoms with Gasteiger partial charge in [0.2, 0.25) is 0 Å². The van der Waals surface area contributed by atoms with Crippen LogP contribution in [-0.2, 0) is 4.43 Å². The molecule has 0 aromatic rings. The lowest BCUT2D eigenvalue weighted by Crippen LogP contribution is -2.36. The zero-order valence-corrected chi connectivity index (χ0v) is 14.1. The first-order valence-corrected chi connectivity index (χ1v) is 11.3. The Morgan fingerprint density at radius 1 is 0.895 bits per heavy atom. The van der Waals surface area contributed by atoms with Crippen molar-refractivity contribution in [1.82, 2.24) is 0 Å². The molecule has 0 N–H and O–H groups in total. The van der Waals surface area contributed by atoms with E-state index in [9.17, 15) is 0 Å². The summed E-state index contributed by atoms with van der Waals surface area (Å²) < 4.78 is 6.26. The van der Waals surface area contributed by atoms with Crippen molar-refractivity contribution in [2.45, 2.75) is 89.3 Å². The second-order valence-corrected chi connectivity index (χ2v) is 10.6. The molecular formula is C17H34OSi. The molecule has 1 rings (SSSR count). The van der Waals surface area contributed by atoms with Crippen LogP contribution >= 0.6 is 0 Å². The first-order valence-electron chi connectivity index (χ1n) is 8.52. The van der Waals surface area contributed by atoms with Gasteiger partial charge in [0.1, 0.15) is 0 Å². The number of hydrogen-bond donors (Lipinski definition) is 0. The van der Waals surface area contributed by atoms with Gasteiger partial charge in [0.15, 0.2) is 8.32 Å². The summed E-state index contributed by atoms with van der Waals surface area (Å²) in [6.45, 7) is 7.25. The van der Waals surface area contributed by atoms with Crippen LogP contribution in [0.5, 0.6) is 0 Å². The Hall–Kier alpha value is -0.0831. The van der Waals surface area contributed by atoms with E-state index in [1.807, 2.05) is 6.08 Å². The third-order valence-corrected chi connectivity index (χ3v) is 8.14. The zero-order valence-electron chi connectivity index (χ0n) is 13.1.